The van der Waals surface area contributed by atoms with E-state index < -0.39 is 0 Å². The third-order valence-electron chi connectivity index (χ3n) is 5.28. The average molecular weight is 324 g/mol. The maximum atomic E-state index is 3.37. The Morgan fingerprint density at radius 1 is 0.840 bits per heavy atom. The Labute approximate surface area is 147 Å². The first-order valence-corrected chi connectivity index (χ1v) is 8.76. The van der Waals surface area contributed by atoms with E-state index in [4.69, 9.17) is 0 Å². The number of aromatic amines is 1. The minimum atomic E-state index is 0.291. The van der Waals surface area contributed by atoms with E-state index in [-0.39, 0.29) is 0 Å². The van der Waals surface area contributed by atoms with Crippen molar-refractivity contribution in [2.45, 2.75) is 12.6 Å². The third kappa shape index (κ3) is 2.30. The van der Waals surface area contributed by atoms with Crippen LogP contribution in [0, 0.1) is 0 Å². The second-order valence-corrected chi connectivity index (χ2v) is 6.89. The molecule has 1 heterocycles. The topological polar surface area (TPSA) is 19.0 Å². The summed E-state index contributed by atoms with van der Waals surface area (Å²) in [6.07, 6.45) is 2.02. The van der Waals surface area contributed by atoms with Gasteiger partial charge in [-0.2, -0.15) is 0 Å². The van der Waals surface area contributed by atoms with E-state index in [9.17, 15) is 0 Å². The van der Waals surface area contributed by atoms with Crippen LogP contribution in [0.3, 0.4) is 0 Å². The van der Waals surface area contributed by atoms with E-state index in [0.29, 0.717) is 6.04 Å². The summed E-state index contributed by atoms with van der Waals surface area (Å²) < 4.78 is 0. The predicted octanol–water partition coefficient (Wildman–Crippen LogP) is 5.37. The van der Waals surface area contributed by atoms with Crippen LogP contribution in [0.4, 0.5) is 0 Å². The number of hydrogen-bond donors (Lipinski definition) is 1. The zero-order chi connectivity index (χ0) is 16.8. The van der Waals surface area contributed by atoms with Crippen molar-refractivity contribution in [2.24, 2.45) is 0 Å². The van der Waals surface area contributed by atoms with E-state index in [1.54, 1.807) is 0 Å². The van der Waals surface area contributed by atoms with Crippen molar-refractivity contribution in [3.8, 4) is 11.1 Å². The Balaban J connectivity index is 1.64. The highest BCUT2D eigenvalue weighted by Gasteiger charge is 2.31. The monoisotopic (exact) mass is 324 g/mol. The van der Waals surface area contributed by atoms with E-state index >= 15 is 0 Å². The van der Waals surface area contributed by atoms with Crippen LogP contribution >= 0.6 is 0 Å². The molecule has 1 aromatic heterocycles. The van der Waals surface area contributed by atoms with Gasteiger partial charge in [0.05, 0.1) is 6.04 Å². The summed E-state index contributed by atoms with van der Waals surface area (Å²) >= 11 is 0. The highest BCUT2D eigenvalue weighted by atomic mass is 15.1. The molecule has 1 aliphatic rings. The van der Waals surface area contributed by atoms with Gasteiger partial charge in [0.1, 0.15) is 0 Å². The van der Waals surface area contributed by atoms with Crippen molar-refractivity contribution < 1.29 is 0 Å². The van der Waals surface area contributed by atoms with Gasteiger partial charge >= 0.3 is 0 Å². The van der Waals surface area contributed by atoms with Crippen molar-refractivity contribution >= 4 is 10.9 Å². The van der Waals surface area contributed by atoms with Crippen LogP contribution in [0.1, 0.15) is 22.7 Å². The van der Waals surface area contributed by atoms with Crippen molar-refractivity contribution in [3.05, 3.63) is 95.7 Å². The summed E-state index contributed by atoms with van der Waals surface area (Å²) in [7, 11) is 2.22. The highest BCUT2D eigenvalue weighted by molar-refractivity contribution is 5.91. The van der Waals surface area contributed by atoms with Crippen molar-refractivity contribution in [1.29, 1.82) is 0 Å². The van der Waals surface area contributed by atoms with Gasteiger partial charge in [-0.1, -0.05) is 54.6 Å². The fraction of sp³-hybridized carbons (Fsp3) is 0.130. The van der Waals surface area contributed by atoms with Crippen molar-refractivity contribution in [1.82, 2.24) is 9.88 Å². The van der Waals surface area contributed by atoms with Crippen LogP contribution in [0.5, 0.6) is 0 Å². The summed E-state index contributed by atoms with van der Waals surface area (Å²) in [6.45, 7) is 0.933. The first-order valence-electron chi connectivity index (χ1n) is 8.76. The summed E-state index contributed by atoms with van der Waals surface area (Å²) in [5, 5.41) is 1.28. The number of nitrogens with zero attached hydrogens (tertiary/aromatic N) is 1. The Morgan fingerprint density at radius 2 is 1.64 bits per heavy atom. The van der Waals surface area contributed by atoms with Gasteiger partial charge in [0.25, 0.3) is 0 Å². The average Bonchev–Trinajstić information content (AvgIpc) is 3.22. The van der Waals surface area contributed by atoms with Crippen molar-refractivity contribution in [2.75, 3.05) is 7.05 Å². The number of benzene rings is 3. The maximum Gasteiger partial charge on any atom is 0.0615 e. The van der Waals surface area contributed by atoms with Crippen LogP contribution in [-0.2, 0) is 6.54 Å². The van der Waals surface area contributed by atoms with Crippen LogP contribution in [0.25, 0.3) is 22.0 Å². The molecule has 0 saturated heterocycles. The fourth-order valence-electron chi connectivity index (χ4n) is 4.16. The molecule has 25 heavy (non-hydrogen) atoms. The maximum absolute atomic E-state index is 3.37. The summed E-state index contributed by atoms with van der Waals surface area (Å²) in [4.78, 5) is 5.82. The Kier molecular flexibility index (Phi) is 3.25. The van der Waals surface area contributed by atoms with Crippen LogP contribution in [0.2, 0.25) is 0 Å². The normalized spacial score (nSPS) is 15.5. The fourth-order valence-corrected chi connectivity index (χ4v) is 4.16. The second-order valence-electron chi connectivity index (χ2n) is 6.89. The lowest BCUT2D eigenvalue weighted by molar-refractivity contribution is 0.275. The molecule has 2 heteroatoms. The zero-order valence-electron chi connectivity index (χ0n) is 14.2. The van der Waals surface area contributed by atoms with Crippen LogP contribution in [0.15, 0.2) is 79.0 Å². The largest absolute Gasteiger partial charge is 0.361 e. The molecule has 4 aromatic rings. The van der Waals surface area contributed by atoms with Gasteiger partial charge in [0.2, 0.25) is 0 Å². The molecule has 1 unspecified atom stereocenters. The van der Waals surface area contributed by atoms with E-state index in [1.165, 1.54) is 38.7 Å². The minimum Gasteiger partial charge on any atom is -0.361 e. The molecule has 1 aliphatic carbocycles. The zero-order valence-corrected chi connectivity index (χ0v) is 14.2. The molecular formula is C23H20N2. The molecular weight excluding hydrogens is 304 g/mol. The Bertz CT molecular complexity index is 1050. The van der Waals surface area contributed by atoms with Gasteiger partial charge in [-0.3, -0.25) is 4.90 Å². The Morgan fingerprint density at radius 3 is 2.52 bits per heavy atom. The standard InChI is InChI=1S/C23H20N2/c1-25(15-16-7-3-2-4-8-16)23-19-10-6-5-9-18(19)20-13-17-11-12-24-22(17)14-21(20)23/h2-14,23-24H,15H2,1H3. The number of hydrogen-bond acceptors (Lipinski definition) is 1. The number of fused-ring (bicyclic) bond motifs is 4. The molecule has 0 saturated carbocycles. The number of H-pyrrole nitrogens is 1. The third-order valence-corrected chi connectivity index (χ3v) is 5.28. The van der Waals surface area contributed by atoms with E-state index in [2.05, 4.69) is 89.7 Å². The molecule has 0 fully saturated rings. The summed E-state index contributed by atoms with van der Waals surface area (Å²) in [5.41, 5.74) is 8.10. The molecule has 0 spiro atoms. The molecule has 0 radical (unpaired) electrons. The summed E-state index contributed by atoms with van der Waals surface area (Å²) in [5.74, 6) is 0. The van der Waals surface area contributed by atoms with E-state index in [0.717, 1.165) is 6.54 Å². The van der Waals surface area contributed by atoms with Crippen LogP contribution in [-0.4, -0.2) is 16.9 Å². The molecule has 0 bridgehead atoms. The minimum absolute atomic E-state index is 0.291. The molecule has 1 N–H and O–H groups in total. The van der Waals surface area contributed by atoms with Gasteiger partial charge in [0.15, 0.2) is 0 Å². The van der Waals surface area contributed by atoms with Gasteiger partial charge in [-0.15, -0.1) is 0 Å². The quantitative estimate of drug-likeness (QED) is 0.537. The Hall–Kier alpha value is -2.84. The number of aromatic nitrogens is 1. The van der Waals surface area contributed by atoms with Gasteiger partial charge < -0.3 is 4.98 Å². The molecule has 2 nitrogen and oxygen atoms in total. The lowest BCUT2D eigenvalue weighted by Crippen LogP contribution is -2.23. The van der Waals surface area contributed by atoms with Gasteiger partial charge in [-0.05, 0) is 58.5 Å². The highest BCUT2D eigenvalue weighted by Crippen LogP contribution is 2.47. The van der Waals surface area contributed by atoms with Crippen molar-refractivity contribution in [3.63, 3.8) is 0 Å². The lowest BCUT2D eigenvalue weighted by atomic mass is 10.0. The molecule has 0 amide bonds. The number of nitrogens with one attached hydrogen (secondary N) is 1. The molecule has 3 aromatic carbocycles. The lowest BCUT2D eigenvalue weighted by Gasteiger charge is -2.26. The smallest absolute Gasteiger partial charge is 0.0615 e. The van der Waals surface area contributed by atoms with Gasteiger partial charge in [-0.25, -0.2) is 0 Å². The SMILES string of the molecule is CN(Cc1ccccc1)C1c2ccccc2-c2cc3cc[nH]c3cc21. The van der Waals surface area contributed by atoms with E-state index in [1.807, 2.05) is 6.20 Å². The molecule has 1 atom stereocenters. The second kappa shape index (κ2) is 5.61. The molecule has 122 valence electrons. The summed E-state index contributed by atoms with van der Waals surface area (Å²) in [6, 6.07) is 26.6. The van der Waals surface area contributed by atoms with Gasteiger partial charge in [0, 0.05) is 18.3 Å². The predicted molar refractivity (Wildman–Crippen MR) is 103 cm³/mol. The molecule has 0 aliphatic heterocycles. The molecule has 5 rings (SSSR count). The first-order chi connectivity index (χ1) is 12.3. The van der Waals surface area contributed by atoms with Crippen LogP contribution < -0.4 is 0 Å². The first kappa shape index (κ1) is 14.5. The number of rotatable bonds is 3.